The third kappa shape index (κ3) is 1.73. The number of hydrogen-bond donors (Lipinski definition) is 1. The highest BCUT2D eigenvalue weighted by atomic mass is 16.5. The first-order valence-electron chi connectivity index (χ1n) is 7.61. The van der Waals surface area contributed by atoms with Crippen molar-refractivity contribution < 1.29 is 12.6 Å². The predicted octanol–water partition coefficient (Wildman–Crippen LogP) is 2.36. The van der Waals surface area contributed by atoms with E-state index >= 15 is 0 Å². The molecule has 0 aromatic heterocycles. The monoisotopic (exact) mass is 249 g/mol. The van der Waals surface area contributed by atoms with Gasteiger partial charge in [-0.1, -0.05) is 12.1 Å². The van der Waals surface area contributed by atoms with Gasteiger partial charge >= 0.3 is 0 Å². The van der Waals surface area contributed by atoms with E-state index in [4.69, 9.17) is 7.48 Å². The summed E-state index contributed by atoms with van der Waals surface area (Å²) in [5, 5.41) is 10.00. The van der Waals surface area contributed by atoms with Gasteiger partial charge in [0.15, 0.2) is 0 Å². The molecule has 0 bridgehead atoms. The van der Waals surface area contributed by atoms with Gasteiger partial charge in [0, 0.05) is 11.6 Å². The van der Waals surface area contributed by atoms with Gasteiger partial charge in [0.1, 0.15) is 5.75 Å². The zero-order valence-corrected chi connectivity index (χ0v) is 10.7. The molecule has 0 saturated carbocycles. The molecule has 1 aromatic rings. The topological polar surface area (TPSA) is 32.7 Å². The zero-order valence-electron chi connectivity index (χ0n) is 12.7. The Balaban J connectivity index is 1.89. The molecule has 1 aromatic carbocycles. The summed E-state index contributed by atoms with van der Waals surface area (Å²) in [4.78, 5) is 2.18. The van der Waals surface area contributed by atoms with E-state index in [-0.39, 0.29) is 6.04 Å². The summed E-state index contributed by atoms with van der Waals surface area (Å²) in [5.74, 6) is 0.830. The molecule has 0 amide bonds. The van der Waals surface area contributed by atoms with E-state index < -0.39 is 12.1 Å². The Kier molecular flexibility index (Phi) is 2.49. The summed E-state index contributed by atoms with van der Waals surface area (Å²) in [6.45, 7) is -1.28. The molecule has 18 heavy (non-hydrogen) atoms. The highest BCUT2D eigenvalue weighted by molar-refractivity contribution is 5.30. The second kappa shape index (κ2) is 4.56. The fourth-order valence-electron chi connectivity index (χ4n) is 3.50. The lowest BCUT2D eigenvalue weighted by molar-refractivity contribution is 0.0776. The maximum atomic E-state index is 10.00. The second-order valence-electron chi connectivity index (χ2n) is 5.27. The third-order valence-electron chi connectivity index (χ3n) is 4.46. The van der Waals surface area contributed by atoms with Crippen LogP contribution < -0.4 is 4.74 Å². The Morgan fingerprint density at radius 2 is 2.22 bits per heavy atom. The lowest BCUT2D eigenvalue weighted by atomic mass is 9.95. The van der Waals surface area contributed by atoms with Crippen LogP contribution >= 0.6 is 0 Å². The van der Waals surface area contributed by atoms with Gasteiger partial charge in [-0.05, 0) is 49.9 Å². The normalized spacial score (nSPS) is 34.0. The molecule has 0 spiro atoms. The number of rotatable bonds is 3. The van der Waals surface area contributed by atoms with Gasteiger partial charge in [0.05, 0.1) is 16.4 Å². The number of ether oxygens (including phenoxy) is 1. The Hall–Kier alpha value is -1.06. The molecule has 1 N–H and O–H groups in total. The average Bonchev–Trinajstić information content (AvgIpc) is 2.97. The summed E-state index contributed by atoms with van der Waals surface area (Å²) in [6, 6.07) is 8.18. The molecule has 3 nitrogen and oxygen atoms in total. The summed E-state index contributed by atoms with van der Waals surface area (Å²) in [7, 11) is 1.65. The van der Waals surface area contributed by atoms with E-state index in [0.717, 1.165) is 31.6 Å². The van der Waals surface area contributed by atoms with E-state index in [1.807, 2.05) is 24.3 Å². The summed E-state index contributed by atoms with van der Waals surface area (Å²) < 4.78 is 20.8. The molecule has 3 heteroatoms. The Bertz CT molecular complexity index is 486. The number of nitrogens with zero attached hydrogens (tertiary/aromatic N) is 1. The Morgan fingerprint density at radius 3 is 2.89 bits per heavy atom. The SMILES string of the molecule is [2H]C([2H])(O)C12CCCN1C(c1ccc(OC)cc1)CC2. The average molecular weight is 249 g/mol. The molecule has 0 aliphatic carbocycles. The van der Waals surface area contributed by atoms with Crippen molar-refractivity contribution in [3.63, 3.8) is 0 Å². The minimum absolute atomic E-state index is 0.200. The van der Waals surface area contributed by atoms with E-state index in [0.29, 0.717) is 6.42 Å². The van der Waals surface area contributed by atoms with Gasteiger partial charge in [-0.25, -0.2) is 0 Å². The number of hydrogen-bond acceptors (Lipinski definition) is 3. The molecular formula is C15H21NO2. The van der Waals surface area contributed by atoms with Crippen molar-refractivity contribution in [1.29, 1.82) is 0 Å². The Labute approximate surface area is 111 Å². The second-order valence-corrected chi connectivity index (χ2v) is 5.27. The van der Waals surface area contributed by atoms with Crippen molar-refractivity contribution in [1.82, 2.24) is 4.90 Å². The first-order chi connectivity index (χ1) is 9.48. The first-order valence-corrected chi connectivity index (χ1v) is 6.61. The third-order valence-corrected chi connectivity index (χ3v) is 4.46. The van der Waals surface area contributed by atoms with Crippen LogP contribution in [0.4, 0.5) is 0 Å². The first kappa shape index (κ1) is 9.82. The fraction of sp³-hybridized carbons (Fsp3) is 0.600. The molecule has 0 radical (unpaired) electrons. The van der Waals surface area contributed by atoms with Gasteiger partial charge < -0.3 is 9.84 Å². The molecule has 3 rings (SSSR count). The minimum Gasteiger partial charge on any atom is -0.497 e. The van der Waals surface area contributed by atoms with E-state index in [1.165, 1.54) is 5.56 Å². The van der Waals surface area contributed by atoms with Crippen LogP contribution in [0.25, 0.3) is 0 Å². The van der Waals surface area contributed by atoms with Gasteiger partial charge in [0.25, 0.3) is 0 Å². The molecule has 2 fully saturated rings. The number of methoxy groups -OCH3 is 1. The van der Waals surface area contributed by atoms with Crippen molar-refractivity contribution in [2.24, 2.45) is 0 Å². The highest BCUT2D eigenvalue weighted by Crippen LogP contribution is 2.48. The number of benzene rings is 1. The van der Waals surface area contributed by atoms with Crippen LogP contribution in [-0.2, 0) is 0 Å². The smallest absolute Gasteiger partial charge is 0.118 e. The molecule has 2 unspecified atom stereocenters. The fourth-order valence-corrected chi connectivity index (χ4v) is 3.50. The van der Waals surface area contributed by atoms with Crippen molar-refractivity contribution in [3.05, 3.63) is 29.8 Å². The van der Waals surface area contributed by atoms with E-state index in [1.54, 1.807) is 7.11 Å². The lowest BCUT2D eigenvalue weighted by Gasteiger charge is -2.33. The van der Waals surface area contributed by atoms with Crippen LogP contribution in [0.3, 0.4) is 0 Å². The standard InChI is InChI=1S/C15H21NO2/c1-18-13-5-3-12(4-6-13)14-7-9-15(11-17)8-2-10-16(14)15/h3-6,14,17H,2,7-11H2,1H3/i11D2. The molecular weight excluding hydrogens is 226 g/mol. The van der Waals surface area contributed by atoms with Crippen LogP contribution in [-0.4, -0.2) is 35.8 Å². The van der Waals surface area contributed by atoms with Crippen LogP contribution in [0.5, 0.6) is 5.75 Å². The molecule has 98 valence electrons. The van der Waals surface area contributed by atoms with Gasteiger partial charge in [0.2, 0.25) is 0 Å². The van der Waals surface area contributed by atoms with Gasteiger partial charge in [-0.3, -0.25) is 4.90 Å². The highest BCUT2D eigenvalue weighted by Gasteiger charge is 2.48. The van der Waals surface area contributed by atoms with Crippen LogP contribution in [0, 0.1) is 0 Å². The minimum atomic E-state index is -2.13. The molecule has 2 aliphatic heterocycles. The van der Waals surface area contributed by atoms with Crippen molar-refractivity contribution >= 4 is 0 Å². The van der Waals surface area contributed by atoms with Crippen molar-refractivity contribution in [2.75, 3.05) is 20.2 Å². The van der Waals surface area contributed by atoms with Crippen molar-refractivity contribution in [2.45, 2.75) is 37.3 Å². The predicted molar refractivity (Wildman–Crippen MR) is 70.7 cm³/mol. The largest absolute Gasteiger partial charge is 0.497 e. The molecule has 2 saturated heterocycles. The maximum Gasteiger partial charge on any atom is 0.118 e. The molecule has 2 atom stereocenters. The van der Waals surface area contributed by atoms with Gasteiger partial charge in [-0.15, -0.1) is 0 Å². The van der Waals surface area contributed by atoms with E-state index in [9.17, 15) is 5.11 Å². The van der Waals surface area contributed by atoms with Gasteiger partial charge in [-0.2, -0.15) is 0 Å². The zero-order chi connectivity index (χ0) is 14.4. The number of fused-ring (bicyclic) bond motifs is 1. The van der Waals surface area contributed by atoms with E-state index in [2.05, 4.69) is 4.90 Å². The quantitative estimate of drug-likeness (QED) is 0.892. The summed E-state index contributed by atoms with van der Waals surface area (Å²) in [5.41, 5.74) is 0.483. The number of aliphatic hydroxyl groups is 1. The molecule has 2 aliphatic rings. The van der Waals surface area contributed by atoms with Crippen molar-refractivity contribution in [3.8, 4) is 5.75 Å². The summed E-state index contributed by atoms with van der Waals surface area (Å²) in [6.07, 6.45) is 3.30. The van der Waals surface area contributed by atoms with Crippen LogP contribution in [0.15, 0.2) is 24.3 Å². The summed E-state index contributed by atoms with van der Waals surface area (Å²) >= 11 is 0. The lowest BCUT2D eigenvalue weighted by Crippen LogP contribution is -2.42. The molecule has 2 heterocycles. The van der Waals surface area contributed by atoms with Crippen LogP contribution in [0.2, 0.25) is 0 Å². The van der Waals surface area contributed by atoms with Crippen LogP contribution in [0.1, 0.15) is 40.0 Å². The maximum absolute atomic E-state index is 10.00. The Morgan fingerprint density at radius 1 is 1.44 bits per heavy atom.